The van der Waals surface area contributed by atoms with E-state index in [0.29, 0.717) is 12.0 Å². The van der Waals surface area contributed by atoms with E-state index in [-0.39, 0.29) is 40.2 Å². The number of aliphatic hydroxyl groups is 3. The average Bonchev–Trinajstić information content (AvgIpc) is 3.32. The van der Waals surface area contributed by atoms with Crippen LogP contribution >= 0.6 is 0 Å². The lowest BCUT2D eigenvalue weighted by Gasteiger charge is -2.48. The van der Waals surface area contributed by atoms with Gasteiger partial charge in [0.25, 0.3) is 0 Å². The molecule has 1 spiro atoms. The second-order valence-corrected chi connectivity index (χ2v) is 11.7. The van der Waals surface area contributed by atoms with E-state index in [1.165, 1.54) is 25.2 Å². The van der Waals surface area contributed by atoms with Crippen LogP contribution in [0.25, 0.3) is 0 Å². The predicted octanol–water partition coefficient (Wildman–Crippen LogP) is 3.24. The molecule has 7 nitrogen and oxygen atoms in total. The molecular weight excluding hydrogens is 465 g/mol. The molecule has 36 heavy (non-hydrogen) atoms. The van der Waals surface area contributed by atoms with Crippen LogP contribution in [0.5, 0.6) is 0 Å². The lowest BCUT2D eigenvalue weighted by Crippen LogP contribution is -2.66. The number of carbonyl (C=O) groups excluding carboxylic acids is 2. The monoisotopic (exact) mass is 499 g/mol. The van der Waals surface area contributed by atoms with Crippen LogP contribution in [0.1, 0.15) is 34.1 Å². The Hall–Kier alpha value is -2.55. The number of Topliss-reactive ketones (excluding diaryl/α,β-unsaturated/α-hetero) is 1. The van der Waals surface area contributed by atoms with Crippen molar-refractivity contribution in [2.24, 2.45) is 34.5 Å². The van der Waals surface area contributed by atoms with E-state index in [1.807, 2.05) is 6.92 Å². The van der Waals surface area contributed by atoms with Gasteiger partial charge >= 0.3 is 6.09 Å². The molecule has 3 N–H and O–H groups in total. The fourth-order valence-electron chi connectivity index (χ4n) is 7.56. The molecule has 2 bridgehead atoms. The highest BCUT2D eigenvalue weighted by Gasteiger charge is 2.76. The third-order valence-corrected chi connectivity index (χ3v) is 9.58. The maximum atomic E-state index is 14.3. The minimum absolute atomic E-state index is 0.0392. The van der Waals surface area contributed by atoms with E-state index in [2.05, 4.69) is 13.8 Å². The molecule has 4 aliphatic carbocycles. The zero-order valence-electron chi connectivity index (χ0n) is 21.2. The first-order valence-electron chi connectivity index (χ1n) is 12.5. The summed E-state index contributed by atoms with van der Waals surface area (Å²) in [6, 6.07) is 5.44. The average molecular weight is 500 g/mol. The summed E-state index contributed by atoms with van der Waals surface area (Å²) < 4.78 is 19.5. The summed E-state index contributed by atoms with van der Waals surface area (Å²) in [4.78, 5) is 28.6. The molecule has 8 atom stereocenters. The Morgan fingerprint density at radius 3 is 2.64 bits per heavy atom. The topological polar surface area (TPSA) is 107 Å². The lowest BCUT2D eigenvalue weighted by atomic mass is 9.59. The van der Waals surface area contributed by atoms with Crippen molar-refractivity contribution < 1.29 is 34.0 Å². The second kappa shape index (κ2) is 7.97. The van der Waals surface area contributed by atoms with E-state index < -0.39 is 47.7 Å². The lowest BCUT2D eigenvalue weighted by molar-refractivity contribution is -0.189. The van der Waals surface area contributed by atoms with Crippen molar-refractivity contribution in [3.05, 3.63) is 53.4 Å². The molecule has 2 fully saturated rings. The standard InChI is InChI=1S/C28H34FNO6/c1-14-12-27-15(2)9-20-21(26(20,3)4)19(23(27)33)10-16(13-31)22(32)28(27,35)24(14)36-25(34)30(5)18-8-6-7-17(29)11-18/h6-8,10-12,15,19-22,24,31-32,35H,9,13H2,1-5H3/t15?,19-,20+,21-,22+,24-,27?,28-/m0/s1. The number of hydrogen-bond acceptors (Lipinski definition) is 6. The summed E-state index contributed by atoms with van der Waals surface area (Å²) in [5.41, 5.74) is -2.93. The molecule has 194 valence electrons. The van der Waals surface area contributed by atoms with Gasteiger partial charge in [-0.3, -0.25) is 9.69 Å². The number of amides is 1. The van der Waals surface area contributed by atoms with Crippen molar-refractivity contribution in [1.82, 2.24) is 0 Å². The van der Waals surface area contributed by atoms with Gasteiger partial charge in [0.2, 0.25) is 0 Å². The van der Waals surface area contributed by atoms with Crippen molar-refractivity contribution in [2.75, 3.05) is 18.6 Å². The summed E-state index contributed by atoms with van der Waals surface area (Å²) in [6.07, 6.45) is 0.134. The van der Waals surface area contributed by atoms with Gasteiger partial charge in [-0.1, -0.05) is 39.0 Å². The zero-order valence-corrected chi connectivity index (χ0v) is 21.2. The number of fused-ring (bicyclic) bond motifs is 3. The molecule has 2 saturated carbocycles. The van der Waals surface area contributed by atoms with Crippen molar-refractivity contribution in [3.63, 3.8) is 0 Å². The second-order valence-electron chi connectivity index (χ2n) is 11.7. The highest BCUT2D eigenvalue weighted by atomic mass is 19.1. The van der Waals surface area contributed by atoms with E-state index in [4.69, 9.17) is 4.74 Å². The molecule has 0 radical (unpaired) electrons. The van der Waals surface area contributed by atoms with Crippen LogP contribution in [0.4, 0.5) is 14.9 Å². The summed E-state index contributed by atoms with van der Waals surface area (Å²) in [5, 5.41) is 34.1. The molecule has 0 aromatic heterocycles. The molecule has 1 amide bonds. The van der Waals surface area contributed by atoms with Crippen molar-refractivity contribution in [2.45, 2.75) is 51.9 Å². The minimum atomic E-state index is -2.21. The van der Waals surface area contributed by atoms with Crippen LogP contribution < -0.4 is 4.90 Å². The van der Waals surface area contributed by atoms with Crippen molar-refractivity contribution in [1.29, 1.82) is 0 Å². The first-order chi connectivity index (χ1) is 16.8. The van der Waals surface area contributed by atoms with Gasteiger partial charge in [0.05, 0.1) is 12.0 Å². The number of nitrogens with zero attached hydrogens (tertiary/aromatic N) is 1. The first kappa shape index (κ1) is 25.1. The van der Waals surface area contributed by atoms with E-state index in [9.17, 15) is 29.3 Å². The van der Waals surface area contributed by atoms with Gasteiger partial charge < -0.3 is 20.1 Å². The number of benzene rings is 1. The molecule has 0 aliphatic heterocycles. The SMILES string of the molecule is CC1=CC23C(=O)[C@@H](C=C(CO)[C@@H](O)[C@]2(O)[C@H]1OC(=O)N(C)c1cccc(F)c1)[C@H]1[C@@H](CC3C)C1(C)C. The number of ketones is 1. The summed E-state index contributed by atoms with van der Waals surface area (Å²) in [7, 11) is 1.42. The zero-order chi connectivity index (χ0) is 26.4. The van der Waals surface area contributed by atoms with Crippen LogP contribution in [-0.2, 0) is 9.53 Å². The third kappa shape index (κ3) is 3.07. The highest BCUT2D eigenvalue weighted by molar-refractivity contribution is 5.95. The first-order valence-corrected chi connectivity index (χ1v) is 12.5. The van der Waals surface area contributed by atoms with Crippen LogP contribution in [0.2, 0.25) is 0 Å². The highest BCUT2D eigenvalue weighted by Crippen LogP contribution is 2.71. The number of rotatable bonds is 3. The number of carbonyl (C=O) groups is 2. The molecule has 5 rings (SSSR count). The number of ether oxygens (including phenoxy) is 1. The number of aliphatic hydroxyl groups excluding tert-OH is 2. The molecule has 0 saturated heterocycles. The molecule has 0 heterocycles. The fourth-order valence-corrected chi connectivity index (χ4v) is 7.56. The van der Waals surface area contributed by atoms with Gasteiger partial charge in [-0.2, -0.15) is 0 Å². The number of hydrogen-bond donors (Lipinski definition) is 3. The number of allylic oxidation sites excluding steroid dienone is 1. The predicted molar refractivity (Wildman–Crippen MR) is 130 cm³/mol. The summed E-state index contributed by atoms with van der Waals surface area (Å²) in [5.74, 6) is -1.37. The van der Waals surface area contributed by atoms with Gasteiger partial charge in [0.15, 0.2) is 17.5 Å². The fraction of sp³-hybridized carbons (Fsp3) is 0.571. The molecule has 2 unspecified atom stereocenters. The third-order valence-electron chi connectivity index (χ3n) is 9.58. The summed E-state index contributed by atoms with van der Waals surface area (Å²) in [6.45, 7) is 7.28. The maximum Gasteiger partial charge on any atom is 0.414 e. The van der Waals surface area contributed by atoms with Crippen LogP contribution in [0.3, 0.4) is 0 Å². The Kier molecular flexibility index (Phi) is 5.56. The molecule has 1 aromatic rings. The number of anilines is 1. The summed E-state index contributed by atoms with van der Waals surface area (Å²) >= 11 is 0. The van der Waals surface area contributed by atoms with Crippen LogP contribution in [0.15, 0.2) is 47.6 Å². The molecule has 8 heteroatoms. The molecule has 4 aliphatic rings. The van der Waals surface area contributed by atoms with Gasteiger partial charge in [-0.05, 0) is 65.9 Å². The smallest absolute Gasteiger partial charge is 0.414 e. The van der Waals surface area contributed by atoms with Gasteiger partial charge in [-0.15, -0.1) is 0 Å². The van der Waals surface area contributed by atoms with Crippen LogP contribution in [0, 0.1) is 40.3 Å². The van der Waals surface area contributed by atoms with Gasteiger partial charge in [-0.25, -0.2) is 9.18 Å². The van der Waals surface area contributed by atoms with E-state index in [0.717, 1.165) is 4.90 Å². The van der Waals surface area contributed by atoms with E-state index in [1.54, 1.807) is 25.1 Å². The largest absolute Gasteiger partial charge is 0.438 e. The Morgan fingerprint density at radius 2 is 2.00 bits per heavy atom. The molecular formula is C28H34FNO6. The Bertz CT molecular complexity index is 1190. The minimum Gasteiger partial charge on any atom is -0.438 e. The van der Waals surface area contributed by atoms with E-state index >= 15 is 0 Å². The Balaban J connectivity index is 1.58. The van der Waals surface area contributed by atoms with Crippen molar-refractivity contribution in [3.8, 4) is 0 Å². The maximum absolute atomic E-state index is 14.3. The quantitative estimate of drug-likeness (QED) is 0.552. The van der Waals surface area contributed by atoms with Crippen LogP contribution in [-0.4, -0.2) is 58.7 Å². The normalized spacial score (nSPS) is 40.2. The Morgan fingerprint density at radius 1 is 1.31 bits per heavy atom. The van der Waals surface area contributed by atoms with Gasteiger partial charge in [0, 0.05) is 18.7 Å². The molecule has 1 aromatic carbocycles. The number of halogens is 1. The van der Waals surface area contributed by atoms with Gasteiger partial charge in [0.1, 0.15) is 11.9 Å². The Labute approximate surface area is 210 Å². The van der Waals surface area contributed by atoms with Crippen molar-refractivity contribution >= 4 is 17.6 Å².